The fourth-order valence-electron chi connectivity index (χ4n) is 2.96. The van der Waals surface area contributed by atoms with Gasteiger partial charge in [-0.3, -0.25) is 9.20 Å². The maximum atomic E-state index is 13.9. The monoisotopic (exact) mass is 369 g/mol. The van der Waals surface area contributed by atoms with Crippen LogP contribution in [0.25, 0.3) is 11.7 Å². The Kier molecular flexibility index (Phi) is 4.47. The summed E-state index contributed by atoms with van der Waals surface area (Å²) in [6.07, 6.45) is 6.90. The maximum absolute atomic E-state index is 13.9. The number of imidazole rings is 1. The summed E-state index contributed by atoms with van der Waals surface area (Å²) in [5.74, 6) is -0.447. The van der Waals surface area contributed by atoms with E-state index in [0.717, 1.165) is 18.5 Å². The summed E-state index contributed by atoms with van der Waals surface area (Å²) < 4.78 is 15.8. The van der Waals surface area contributed by atoms with E-state index < -0.39 is 0 Å². The second kappa shape index (κ2) is 6.92. The van der Waals surface area contributed by atoms with E-state index in [1.807, 2.05) is 28.8 Å². The molecule has 132 valence electrons. The third kappa shape index (κ3) is 3.35. The van der Waals surface area contributed by atoms with Crippen molar-refractivity contribution in [2.45, 2.75) is 25.4 Å². The summed E-state index contributed by atoms with van der Waals surface area (Å²) in [4.78, 5) is 18.7. The van der Waals surface area contributed by atoms with Gasteiger partial charge in [0.2, 0.25) is 5.91 Å². The topological polar surface area (TPSA) is 37.6 Å². The molecule has 0 atom stereocenters. The first-order valence-corrected chi connectivity index (χ1v) is 8.86. The summed E-state index contributed by atoms with van der Waals surface area (Å²) in [6.45, 7) is 0.265. The van der Waals surface area contributed by atoms with Gasteiger partial charge in [-0.25, -0.2) is 9.37 Å². The Morgan fingerprint density at radius 3 is 2.81 bits per heavy atom. The second-order valence-electron chi connectivity index (χ2n) is 6.34. The van der Waals surface area contributed by atoms with E-state index >= 15 is 0 Å². The summed E-state index contributed by atoms with van der Waals surface area (Å²) in [5, 5.41) is 0.340. The van der Waals surface area contributed by atoms with Crippen molar-refractivity contribution in [1.82, 2.24) is 14.3 Å². The minimum absolute atomic E-state index is 0.155. The van der Waals surface area contributed by atoms with E-state index in [-0.39, 0.29) is 24.3 Å². The third-order valence-electron chi connectivity index (χ3n) is 4.48. The zero-order valence-electron chi connectivity index (χ0n) is 14.0. The lowest BCUT2D eigenvalue weighted by molar-refractivity contribution is -0.127. The van der Waals surface area contributed by atoms with Gasteiger partial charge in [0.05, 0.1) is 5.69 Å². The Hall–Kier alpha value is -2.66. The lowest BCUT2D eigenvalue weighted by Gasteiger charge is -2.21. The molecule has 6 heteroatoms. The highest BCUT2D eigenvalue weighted by Gasteiger charge is 2.32. The van der Waals surface area contributed by atoms with Crippen molar-refractivity contribution >= 4 is 29.2 Å². The first-order valence-electron chi connectivity index (χ1n) is 8.48. The second-order valence-corrected chi connectivity index (χ2v) is 6.70. The first kappa shape index (κ1) is 16.8. The van der Waals surface area contributed by atoms with E-state index in [0.29, 0.717) is 16.4 Å². The number of hydrogen-bond donors (Lipinski definition) is 0. The van der Waals surface area contributed by atoms with Gasteiger partial charge in [0.25, 0.3) is 0 Å². The zero-order chi connectivity index (χ0) is 18.1. The van der Waals surface area contributed by atoms with Crippen LogP contribution < -0.4 is 0 Å². The molecule has 4 rings (SSSR count). The molecule has 0 saturated heterocycles. The van der Waals surface area contributed by atoms with E-state index in [9.17, 15) is 9.18 Å². The zero-order valence-corrected chi connectivity index (χ0v) is 14.7. The molecular weight excluding hydrogens is 353 g/mol. The summed E-state index contributed by atoms with van der Waals surface area (Å²) in [6, 6.07) is 12.3. The predicted molar refractivity (Wildman–Crippen MR) is 99.2 cm³/mol. The van der Waals surface area contributed by atoms with Crippen LogP contribution in [-0.4, -0.2) is 26.2 Å². The van der Waals surface area contributed by atoms with Crippen molar-refractivity contribution in [3.8, 4) is 0 Å². The molecular formula is C20H17ClFN3O. The van der Waals surface area contributed by atoms with Crippen LogP contribution in [0.2, 0.25) is 5.15 Å². The van der Waals surface area contributed by atoms with Gasteiger partial charge in [-0.15, -0.1) is 0 Å². The molecule has 0 bridgehead atoms. The lowest BCUT2D eigenvalue weighted by Crippen LogP contribution is -2.31. The molecule has 2 heterocycles. The van der Waals surface area contributed by atoms with Crippen molar-refractivity contribution < 1.29 is 9.18 Å². The highest BCUT2D eigenvalue weighted by Crippen LogP contribution is 2.29. The van der Waals surface area contributed by atoms with Crippen LogP contribution in [-0.2, 0) is 11.3 Å². The van der Waals surface area contributed by atoms with Crippen molar-refractivity contribution in [2.75, 3.05) is 0 Å². The van der Waals surface area contributed by atoms with Crippen LogP contribution in [0.3, 0.4) is 0 Å². The molecule has 4 nitrogen and oxygen atoms in total. The number of benzene rings is 1. The fourth-order valence-corrected chi connectivity index (χ4v) is 3.21. The molecule has 1 saturated carbocycles. The van der Waals surface area contributed by atoms with Crippen molar-refractivity contribution in [2.24, 2.45) is 0 Å². The van der Waals surface area contributed by atoms with Crippen LogP contribution in [0.4, 0.5) is 4.39 Å². The number of pyridine rings is 1. The Morgan fingerprint density at radius 2 is 2.04 bits per heavy atom. The molecule has 1 aromatic carbocycles. The molecule has 1 aliphatic rings. The highest BCUT2D eigenvalue weighted by molar-refractivity contribution is 6.31. The average molecular weight is 370 g/mol. The molecule has 0 aliphatic heterocycles. The fraction of sp³-hybridized carbons (Fsp3) is 0.200. The predicted octanol–water partition coefficient (Wildman–Crippen LogP) is 4.33. The van der Waals surface area contributed by atoms with Gasteiger partial charge in [0, 0.05) is 30.4 Å². The van der Waals surface area contributed by atoms with E-state index in [1.165, 1.54) is 12.1 Å². The van der Waals surface area contributed by atoms with Gasteiger partial charge in [-0.05, 0) is 37.1 Å². The van der Waals surface area contributed by atoms with E-state index in [2.05, 4.69) is 4.98 Å². The van der Waals surface area contributed by atoms with Crippen LogP contribution in [0.1, 0.15) is 24.1 Å². The minimum atomic E-state index is -0.292. The van der Waals surface area contributed by atoms with Gasteiger partial charge >= 0.3 is 0 Å². The van der Waals surface area contributed by atoms with Crippen LogP contribution in [0.5, 0.6) is 0 Å². The molecule has 0 N–H and O–H groups in total. The molecule has 0 spiro atoms. The standard InChI is InChI=1S/C20H17ClFN3O/c21-20-17(24-12-4-3-7-18(24)23-20)10-11-19(26)25(15-8-9-15)13-14-5-1-2-6-16(14)22/h1-7,10-12,15H,8-9,13H2/b11-10+. The highest BCUT2D eigenvalue weighted by atomic mass is 35.5. The van der Waals surface area contributed by atoms with E-state index in [4.69, 9.17) is 11.6 Å². The number of fused-ring (bicyclic) bond motifs is 1. The number of carbonyl (C=O) groups is 1. The summed E-state index contributed by atoms with van der Waals surface area (Å²) in [7, 11) is 0. The Balaban J connectivity index is 1.58. The van der Waals surface area contributed by atoms with Crippen LogP contribution in [0, 0.1) is 5.82 Å². The SMILES string of the molecule is O=C(/C=C/c1c(Cl)nc2ccccn12)N(Cc1ccccc1F)C1CC1. The number of carbonyl (C=O) groups excluding carboxylic acids is 1. The molecule has 1 fully saturated rings. The van der Waals surface area contributed by atoms with Gasteiger partial charge in [0.1, 0.15) is 11.5 Å². The van der Waals surface area contributed by atoms with Gasteiger partial charge in [0.15, 0.2) is 5.15 Å². The Labute approximate surface area is 155 Å². The molecule has 0 unspecified atom stereocenters. The normalized spacial score (nSPS) is 14.2. The molecule has 1 aliphatic carbocycles. The number of hydrogen-bond acceptors (Lipinski definition) is 2. The quantitative estimate of drug-likeness (QED) is 0.628. The largest absolute Gasteiger partial charge is 0.332 e. The maximum Gasteiger partial charge on any atom is 0.247 e. The van der Waals surface area contributed by atoms with Gasteiger partial charge in [-0.2, -0.15) is 0 Å². The number of aromatic nitrogens is 2. The number of amides is 1. The smallest absolute Gasteiger partial charge is 0.247 e. The van der Waals surface area contributed by atoms with E-state index in [1.54, 1.807) is 29.2 Å². The van der Waals surface area contributed by atoms with Crippen molar-refractivity contribution in [3.05, 3.63) is 77.0 Å². The van der Waals surface area contributed by atoms with Gasteiger partial charge < -0.3 is 4.90 Å². The summed E-state index contributed by atoms with van der Waals surface area (Å²) >= 11 is 6.20. The number of rotatable bonds is 5. The number of nitrogens with zero attached hydrogens (tertiary/aromatic N) is 3. The molecule has 26 heavy (non-hydrogen) atoms. The van der Waals surface area contributed by atoms with Crippen LogP contribution in [0.15, 0.2) is 54.7 Å². The van der Waals surface area contributed by atoms with Crippen molar-refractivity contribution in [3.63, 3.8) is 0 Å². The Bertz CT molecular complexity index is 994. The molecule has 1 amide bonds. The molecule has 2 aromatic heterocycles. The third-order valence-corrected chi connectivity index (χ3v) is 4.75. The average Bonchev–Trinajstić information content (AvgIpc) is 3.42. The summed E-state index contributed by atoms with van der Waals surface area (Å²) in [5.41, 5.74) is 1.89. The Morgan fingerprint density at radius 1 is 1.27 bits per heavy atom. The number of halogens is 2. The first-order chi connectivity index (χ1) is 12.6. The molecule has 3 aromatic rings. The minimum Gasteiger partial charge on any atom is -0.332 e. The lowest BCUT2D eigenvalue weighted by atomic mass is 10.2. The van der Waals surface area contributed by atoms with Crippen molar-refractivity contribution in [1.29, 1.82) is 0 Å². The van der Waals surface area contributed by atoms with Gasteiger partial charge in [-0.1, -0.05) is 35.9 Å². The van der Waals surface area contributed by atoms with Crippen LogP contribution >= 0.6 is 11.6 Å². The molecule has 0 radical (unpaired) electrons.